The molecule has 16 heavy (non-hydrogen) atoms. The van der Waals surface area contributed by atoms with Gasteiger partial charge in [-0.15, -0.1) is 0 Å². The van der Waals surface area contributed by atoms with Gasteiger partial charge in [-0.3, -0.25) is 4.79 Å². The van der Waals surface area contributed by atoms with Crippen LogP contribution in [0.3, 0.4) is 0 Å². The molecule has 2 heterocycles. The number of aromatic nitrogens is 2. The van der Waals surface area contributed by atoms with Crippen molar-refractivity contribution >= 4 is 23.7 Å². The second-order valence-electron chi connectivity index (χ2n) is 4.26. The minimum Gasteiger partial charge on any atom is -0.356 e. The summed E-state index contributed by atoms with van der Waals surface area (Å²) in [5.74, 6) is 1.91. The zero-order valence-corrected chi connectivity index (χ0v) is 10.2. The maximum absolute atomic E-state index is 11.0. The average Bonchev–Trinajstić information content (AvgIpc) is 2.63. The van der Waals surface area contributed by atoms with Crippen molar-refractivity contribution in [3.05, 3.63) is 16.5 Å². The van der Waals surface area contributed by atoms with Crippen LogP contribution in [0.4, 0.5) is 5.82 Å². The number of aldehydes is 1. The fourth-order valence-corrected chi connectivity index (χ4v) is 2.25. The van der Waals surface area contributed by atoms with Gasteiger partial charge >= 0.3 is 0 Å². The predicted octanol–water partition coefficient (Wildman–Crippen LogP) is 2.10. The van der Waals surface area contributed by atoms with E-state index in [-0.39, 0.29) is 5.15 Å². The van der Waals surface area contributed by atoms with E-state index in [0.717, 1.165) is 25.8 Å². The molecular weight excluding hydrogens is 226 g/mol. The largest absolute Gasteiger partial charge is 0.356 e. The molecule has 1 atom stereocenters. The molecule has 1 unspecified atom stereocenters. The van der Waals surface area contributed by atoms with Crippen LogP contribution in [0.1, 0.15) is 29.5 Å². The molecule has 4 nitrogen and oxygen atoms in total. The van der Waals surface area contributed by atoms with E-state index in [9.17, 15) is 4.79 Å². The fraction of sp³-hybridized carbons (Fsp3) is 0.545. The summed E-state index contributed by atoms with van der Waals surface area (Å²) < 4.78 is 0. The van der Waals surface area contributed by atoms with Crippen molar-refractivity contribution in [3.63, 3.8) is 0 Å². The van der Waals surface area contributed by atoms with Crippen LogP contribution in [0.2, 0.25) is 5.15 Å². The van der Waals surface area contributed by atoms with E-state index >= 15 is 0 Å². The lowest BCUT2D eigenvalue weighted by molar-refractivity contribution is 0.112. The number of hydrogen-bond acceptors (Lipinski definition) is 4. The molecule has 0 aliphatic carbocycles. The normalized spacial score (nSPS) is 20.2. The Morgan fingerprint density at radius 1 is 1.50 bits per heavy atom. The number of aryl methyl sites for hydroxylation is 1. The summed E-state index contributed by atoms with van der Waals surface area (Å²) in [7, 11) is 0. The Morgan fingerprint density at radius 3 is 2.81 bits per heavy atom. The summed E-state index contributed by atoms with van der Waals surface area (Å²) in [5.41, 5.74) is 0.404. The molecule has 1 aromatic rings. The average molecular weight is 240 g/mol. The summed E-state index contributed by atoms with van der Waals surface area (Å²) in [6.07, 6.45) is 1.86. The van der Waals surface area contributed by atoms with Gasteiger partial charge in [0.15, 0.2) is 6.29 Å². The summed E-state index contributed by atoms with van der Waals surface area (Å²) in [6, 6.07) is 0. The van der Waals surface area contributed by atoms with Gasteiger partial charge in [0.2, 0.25) is 0 Å². The molecule has 5 heteroatoms. The highest BCUT2D eigenvalue weighted by atomic mass is 35.5. The quantitative estimate of drug-likeness (QED) is 0.586. The van der Waals surface area contributed by atoms with E-state index in [0.29, 0.717) is 23.1 Å². The SMILES string of the molecule is Cc1nc(Cl)c(C=O)c(N2CCC(C)C2)n1. The second-order valence-corrected chi connectivity index (χ2v) is 4.61. The predicted molar refractivity (Wildman–Crippen MR) is 63.2 cm³/mol. The fourth-order valence-electron chi connectivity index (χ4n) is 2.00. The minimum atomic E-state index is 0.247. The first-order valence-electron chi connectivity index (χ1n) is 5.36. The summed E-state index contributed by atoms with van der Waals surface area (Å²) >= 11 is 5.94. The van der Waals surface area contributed by atoms with Crippen LogP contribution < -0.4 is 4.90 Å². The van der Waals surface area contributed by atoms with Gasteiger partial charge in [0.25, 0.3) is 0 Å². The van der Waals surface area contributed by atoms with Crippen molar-refractivity contribution in [3.8, 4) is 0 Å². The lowest BCUT2D eigenvalue weighted by atomic mass is 10.2. The number of carbonyl (C=O) groups excluding carboxylic acids is 1. The van der Waals surface area contributed by atoms with Crippen LogP contribution >= 0.6 is 11.6 Å². The van der Waals surface area contributed by atoms with Crippen LogP contribution in [0.5, 0.6) is 0 Å². The maximum Gasteiger partial charge on any atom is 0.156 e. The number of hydrogen-bond donors (Lipinski definition) is 0. The molecule has 1 aliphatic heterocycles. The first-order valence-corrected chi connectivity index (χ1v) is 5.74. The van der Waals surface area contributed by atoms with Gasteiger partial charge in [0.1, 0.15) is 16.8 Å². The Hall–Kier alpha value is -1.16. The third kappa shape index (κ3) is 2.02. The molecule has 0 aromatic carbocycles. The van der Waals surface area contributed by atoms with Crippen molar-refractivity contribution < 1.29 is 4.79 Å². The van der Waals surface area contributed by atoms with Gasteiger partial charge in [-0.05, 0) is 19.3 Å². The highest BCUT2D eigenvalue weighted by Crippen LogP contribution is 2.27. The van der Waals surface area contributed by atoms with Crippen molar-refractivity contribution in [1.29, 1.82) is 0 Å². The smallest absolute Gasteiger partial charge is 0.156 e. The molecule has 0 N–H and O–H groups in total. The van der Waals surface area contributed by atoms with Crippen molar-refractivity contribution in [2.45, 2.75) is 20.3 Å². The third-order valence-corrected chi connectivity index (χ3v) is 3.12. The Kier molecular flexibility index (Phi) is 3.10. The molecule has 0 radical (unpaired) electrons. The standard InChI is InChI=1S/C11H14ClN3O/c1-7-3-4-15(5-7)11-9(6-16)10(12)13-8(2)14-11/h6-7H,3-5H2,1-2H3. The molecule has 0 bridgehead atoms. The number of nitrogens with zero attached hydrogens (tertiary/aromatic N) is 3. The Labute approximate surface area is 99.6 Å². The monoisotopic (exact) mass is 239 g/mol. The van der Waals surface area contributed by atoms with Gasteiger partial charge in [-0.1, -0.05) is 18.5 Å². The molecule has 1 fully saturated rings. The molecule has 86 valence electrons. The van der Waals surface area contributed by atoms with Gasteiger partial charge in [-0.2, -0.15) is 0 Å². The van der Waals surface area contributed by atoms with Crippen molar-refractivity contribution in [2.24, 2.45) is 5.92 Å². The molecule has 0 spiro atoms. The topological polar surface area (TPSA) is 46.1 Å². The zero-order chi connectivity index (χ0) is 11.7. The van der Waals surface area contributed by atoms with Crippen molar-refractivity contribution in [1.82, 2.24) is 9.97 Å². The van der Waals surface area contributed by atoms with Gasteiger partial charge < -0.3 is 4.90 Å². The molecule has 1 saturated heterocycles. The van der Waals surface area contributed by atoms with Crippen LogP contribution in [-0.2, 0) is 0 Å². The van der Waals surface area contributed by atoms with E-state index in [2.05, 4.69) is 21.8 Å². The van der Waals surface area contributed by atoms with Crippen LogP contribution in [0.25, 0.3) is 0 Å². The highest BCUT2D eigenvalue weighted by molar-refractivity contribution is 6.32. The van der Waals surface area contributed by atoms with Gasteiger partial charge in [-0.25, -0.2) is 9.97 Å². The van der Waals surface area contributed by atoms with Crippen LogP contribution in [-0.4, -0.2) is 29.3 Å². The molecule has 0 saturated carbocycles. The number of halogens is 1. The molecule has 2 rings (SSSR count). The van der Waals surface area contributed by atoms with Crippen LogP contribution in [0.15, 0.2) is 0 Å². The molecule has 0 amide bonds. The van der Waals surface area contributed by atoms with E-state index in [1.807, 2.05) is 0 Å². The van der Waals surface area contributed by atoms with Crippen LogP contribution in [0, 0.1) is 12.8 Å². The molecular formula is C11H14ClN3O. The first kappa shape index (κ1) is 11.3. The Bertz CT molecular complexity index is 422. The zero-order valence-electron chi connectivity index (χ0n) is 9.40. The van der Waals surface area contributed by atoms with E-state index < -0.39 is 0 Å². The Balaban J connectivity index is 2.42. The highest BCUT2D eigenvalue weighted by Gasteiger charge is 2.24. The van der Waals surface area contributed by atoms with E-state index in [4.69, 9.17) is 11.6 Å². The van der Waals surface area contributed by atoms with E-state index in [1.54, 1.807) is 6.92 Å². The number of carbonyl (C=O) groups is 1. The number of rotatable bonds is 2. The summed E-state index contributed by atoms with van der Waals surface area (Å²) in [6.45, 7) is 5.82. The minimum absolute atomic E-state index is 0.247. The van der Waals surface area contributed by atoms with Crippen molar-refractivity contribution in [2.75, 3.05) is 18.0 Å². The van der Waals surface area contributed by atoms with Gasteiger partial charge in [0.05, 0.1) is 5.56 Å². The maximum atomic E-state index is 11.0. The third-order valence-electron chi connectivity index (χ3n) is 2.83. The summed E-state index contributed by atoms with van der Waals surface area (Å²) in [5, 5.41) is 0.247. The lowest BCUT2D eigenvalue weighted by Crippen LogP contribution is -2.22. The molecule has 1 aliphatic rings. The first-order chi connectivity index (χ1) is 7.61. The summed E-state index contributed by atoms with van der Waals surface area (Å²) in [4.78, 5) is 21.4. The Morgan fingerprint density at radius 2 is 2.25 bits per heavy atom. The lowest BCUT2D eigenvalue weighted by Gasteiger charge is -2.19. The molecule has 1 aromatic heterocycles. The second kappa shape index (κ2) is 4.37. The number of anilines is 1. The van der Waals surface area contributed by atoms with E-state index in [1.165, 1.54) is 0 Å². The van der Waals surface area contributed by atoms with Gasteiger partial charge in [0, 0.05) is 13.1 Å².